The van der Waals surface area contributed by atoms with Crippen LogP contribution in [0.3, 0.4) is 0 Å². The molecular formula is C54H43Cl2N4O14S4-. The smallest absolute Gasteiger partial charge is 0.373 e. The maximum atomic E-state index is 13.5. The molecule has 78 heavy (non-hydrogen) atoms. The molecule has 4 heterocycles. The van der Waals surface area contributed by atoms with Crippen molar-refractivity contribution in [3.63, 3.8) is 0 Å². The number of carboxylic acids is 1. The number of aromatic carboxylic acids is 1. The predicted molar refractivity (Wildman–Crippen MR) is 302 cm³/mol. The molecule has 0 aliphatic rings. The summed E-state index contributed by atoms with van der Waals surface area (Å²) in [4.78, 5) is 68.8. The Morgan fingerprint density at radius 3 is 1.65 bits per heavy atom. The SMILES string of the molecule is CCN(CC)c1ccc2c(-c3ccccc3)c(-c3nc4ccc(S(=O)(=O)OCl)cc4s3)c(=O)oc2c1.CCN(CC)c1ccc2c(-c3ccccc3C(=O)O)c(-c3nc4ccccc4s3)c(=O)oc2c1.O=C=O.O=S([O-])OCl. The topological polar surface area (TPSA) is 257 Å². The third-order valence-electron chi connectivity index (χ3n) is 12.0. The Balaban J connectivity index is 0.000000199. The Morgan fingerprint density at radius 1 is 0.667 bits per heavy atom. The van der Waals surface area contributed by atoms with Crippen molar-refractivity contribution in [2.45, 2.75) is 32.6 Å². The average Bonchev–Trinajstić information content (AvgIpc) is 4.08. The average molecular weight is 1170 g/mol. The Hall–Kier alpha value is -7.47. The van der Waals surface area contributed by atoms with Crippen LogP contribution in [-0.4, -0.2) is 70.6 Å². The van der Waals surface area contributed by atoms with E-state index < -0.39 is 38.7 Å². The van der Waals surface area contributed by atoms with Crippen LogP contribution in [0.25, 0.3) is 85.8 Å². The normalized spacial score (nSPS) is 11.4. The second kappa shape index (κ2) is 26.3. The van der Waals surface area contributed by atoms with Crippen LogP contribution in [0.1, 0.15) is 38.1 Å². The Kier molecular flexibility index (Phi) is 19.6. The van der Waals surface area contributed by atoms with Crippen LogP contribution < -0.4 is 21.1 Å². The fraction of sp³-hybridized carbons (Fsp3) is 0.148. The van der Waals surface area contributed by atoms with Crippen molar-refractivity contribution in [1.29, 1.82) is 0 Å². The highest BCUT2D eigenvalue weighted by atomic mass is 35.5. The summed E-state index contributed by atoms with van der Waals surface area (Å²) < 4.78 is 62.5. The second-order valence-electron chi connectivity index (χ2n) is 16.2. The van der Waals surface area contributed by atoms with E-state index in [2.05, 4.69) is 66.8 Å². The number of hydrogen-bond donors (Lipinski definition) is 1. The van der Waals surface area contributed by atoms with Gasteiger partial charge in [-0.2, -0.15) is 25.5 Å². The van der Waals surface area contributed by atoms with Crippen LogP contribution in [0.2, 0.25) is 0 Å². The molecule has 0 aliphatic heterocycles. The third-order valence-corrected chi connectivity index (χ3v) is 16.0. The zero-order chi connectivity index (χ0) is 56.3. The highest BCUT2D eigenvalue weighted by Gasteiger charge is 2.26. The lowest BCUT2D eigenvalue weighted by atomic mass is 9.93. The molecule has 0 bridgehead atoms. The highest BCUT2D eigenvalue weighted by Crippen LogP contribution is 2.43. The number of para-hydroxylation sites is 1. The van der Waals surface area contributed by atoms with Crippen LogP contribution in [0, 0.1) is 0 Å². The second-order valence-corrected chi connectivity index (χ2v) is 21.1. The van der Waals surface area contributed by atoms with Crippen molar-refractivity contribution >= 4 is 134 Å². The minimum absolute atomic E-state index is 0.0991. The number of aromatic nitrogens is 2. The number of hydrogen-bond acceptors (Lipinski definition) is 19. The summed E-state index contributed by atoms with van der Waals surface area (Å²) in [6.07, 6.45) is 0.250. The quantitative estimate of drug-likeness (QED) is 0.0784. The number of rotatable bonds is 14. The predicted octanol–water partition coefficient (Wildman–Crippen LogP) is 12.1. The van der Waals surface area contributed by atoms with Gasteiger partial charge in [0.15, 0.2) is 0 Å². The number of anilines is 2. The maximum absolute atomic E-state index is 13.5. The standard InChI is InChI=1S/C27H22N2O4S.C26H21ClN2O5S2.CO2.ClHO3S/c1-3-29(4-2)16-13-14-19-21(15-16)33-27(32)24(25-28-20-11-7-8-12-22(20)34-25)23(19)17-9-5-6-10-18(17)26(30)31;1-3-29(4-2)17-10-12-19-21(14-17)33-26(30)24(23(19)16-8-6-5-7-9-16)25-28-20-13-11-18(15-22(20)35-25)36(31,32)34-27;2-1-3;1-4-5(2)3/h5-15H,3-4H2,1-2H3,(H,30,31);5-15H,3-4H2,1-2H3;;(H,2,3)/p-1. The first kappa shape index (κ1) is 58.2. The lowest BCUT2D eigenvalue weighted by molar-refractivity contribution is -0.191. The largest absolute Gasteiger partial charge is 0.749 e. The summed E-state index contributed by atoms with van der Waals surface area (Å²) >= 11 is 9.38. The van der Waals surface area contributed by atoms with E-state index in [9.17, 15) is 27.9 Å². The summed E-state index contributed by atoms with van der Waals surface area (Å²) in [5.74, 6) is -1.06. The van der Waals surface area contributed by atoms with Crippen LogP contribution in [0.5, 0.6) is 0 Å². The van der Waals surface area contributed by atoms with Crippen molar-refractivity contribution in [2.24, 2.45) is 0 Å². The molecular weight excluding hydrogens is 1130 g/mol. The number of benzene rings is 6. The molecule has 24 heteroatoms. The number of halogens is 2. The molecule has 18 nitrogen and oxygen atoms in total. The molecule has 0 aliphatic carbocycles. The van der Waals surface area contributed by atoms with Crippen LogP contribution in [0.15, 0.2) is 157 Å². The van der Waals surface area contributed by atoms with Gasteiger partial charge in [0.05, 0.1) is 54.6 Å². The fourth-order valence-electron chi connectivity index (χ4n) is 8.59. The van der Waals surface area contributed by atoms with E-state index in [0.29, 0.717) is 59.0 Å². The molecule has 10 aromatic rings. The molecule has 402 valence electrons. The molecule has 0 saturated carbocycles. The van der Waals surface area contributed by atoms with Gasteiger partial charge in [-0.3, -0.25) is 0 Å². The first-order valence-corrected chi connectivity index (χ1v) is 28.0. The van der Waals surface area contributed by atoms with Crippen molar-refractivity contribution < 1.29 is 53.0 Å². The number of carboxylic acid groups (broad SMARTS) is 1. The Labute approximate surface area is 465 Å². The van der Waals surface area contributed by atoms with E-state index in [1.807, 2.05) is 91.0 Å². The number of carbonyl (C=O) groups is 1. The van der Waals surface area contributed by atoms with Crippen LogP contribution >= 0.6 is 46.4 Å². The molecule has 4 aromatic heterocycles. The van der Waals surface area contributed by atoms with E-state index in [0.717, 1.165) is 58.7 Å². The minimum atomic E-state index is -4.09. The Bertz CT molecular complexity index is 4070. The van der Waals surface area contributed by atoms with E-state index in [-0.39, 0.29) is 22.2 Å². The monoisotopic (exact) mass is 1170 g/mol. The van der Waals surface area contributed by atoms with Gasteiger partial charge >= 0.3 is 33.5 Å². The lowest BCUT2D eigenvalue weighted by Crippen LogP contribution is -2.21. The number of fused-ring (bicyclic) bond motifs is 4. The number of carbonyl (C=O) groups excluding carboxylic acids is 2. The van der Waals surface area contributed by atoms with Crippen molar-refractivity contribution in [3.8, 4) is 43.4 Å². The molecule has 6 aromatic carbocycles. The molecule has 0 amide bonds. The van der Waals surface area contributed by atoms with Gasteiger partial charge in [0.25, 0.3) is 0 Å². The van der Waals surface area contributed by atoms with E-state index >= 15 is 0 Å². The van der Waals surface area contributed by atoms with Gasteiger partial charge in [0.2, 0.25) is 0 Å². The fourth-order valence-corrected chi connectivity index (χ4v) is 11.5. The van der Waals surface area contributed by atoms with Gasteiger partial charge in [-0.25, -0.2) is 28.6 Å². The highest BCUT2D eigenvalue weighted by molar-refractivity contribution is 7.87. The first-order chi connectivity index (χ1) is 37.6. The molecule has 1 atom stereocenters. The van der Waals surface area contributed by atoms with Gasteiger partial charge in [-0.05, 0) is 99.5 Å². The molecule has 0 radical (unpaired) electrons. The molecule has 10 rings (SSSR count). The first-order valence-electron chi connectivity index (χ1n) is 23.4. The lowest BCUT2D eigenvalue weighted by Gasteiger charge is -2.21. The van der Waals surface area contributed by atoms with Gasteiger partial charge in [-0.1, -0.05) is 60.7 Å². The zero-order valence-corrected chi connectivity index (χ0v) is 46.2. The molecule has 0 fully saturated rings. The maximum Gasteiger partial charge on any atom is 0.373 e. The summed E-state index contributed by atoms with van der Waals surface area (Å²) in [5.41, 5.74) is 6.31. The third kappa shape index (κ3) is 12.8. The van der Waals surface area contributed by atoms with Gasteiger partial charge in [0, 0.05) is 71.6 Å². The summed E-state index contributed by atoms with van der Waals surface area (Å²) in [6.45, 7) is 11.6. The number of nitrogens with zero attached hydrogens (tertiary/aromatic N) is 4. The van der Waals surface area contributed by atoms with Gasteiger partial charge in [-0.15, -0.1) is 22.7 Å². The molecule has 1 N–H and O–H groups in total. The molecule has 0 spiro atoms. The number of thiazole rings is 2. The molecule has 0 saturated heterocycles. The van der Waals surface area contributed by atoms with E-state index in [4.69, 9.17) is 39.1 Å². The van der Waals surface area contributed by atoms with Crippen molar-refractivity contribution in [2.75, 3.05) is 36.0 Å². The summed E-state index contributed by atoms with van der Waals surface area (Å²) in [6, 6.07) is 39.9. The van der Waals surface area contributed by atoms with Crippen LogP contribution in [0.4, 0.5) is 11.4 Å². The summed E-state index contributed by atoms with van der Waals surface area (Å²) in [5, 5.41) is 12.3. The zero-order valence-electron chi connectivity index (χ0n) is 41.5. The minimum Gasteiger partial charge on any atom is -0.749 e. The molecule has 1 unspecified atom stereocenters. The summed E-state index contributed by atoms with van der Waals surface area (Å²) in [7, 11) is -4.09. The van der Waals surface area contributed by atoms with Gasteiger partial charge < -0.3 is 28.3 Å². The van der Waals surface area contributed by atoms with E-state index in [1.54, 1.807) is 30.3 Å². The van der Waals surface area contributed by atoms with Crippen molar-refractivity contribution in [3.05, 3.63) is 160 Å². The van der Waals surface area contributed by atoms with E-state index in [1.165, 1.54) is 34.8 Å². The Morgan fingerprint density at radius 2 is 1.14 bits per heavy atom. The van der Waals surface area contributed by atoms with Gasteiger partial charge in [0.1, 0.15) is 43.7 Å². The van der Waals surface area contributed by atoms with Crippen LogP contribution in [-0.2, 0) is 38.5 Å². The van der Waals surface area contributed by atoms with Crippen molar-refractivity contribution in [1.82, 2.24) is 9.97 Å².